The number of nitrogens with zero attached hydrogens (tertiary/aromatic N) is 2. The third-order valence-corrected chi connectivity index (χ3v) is 6.92. The number of hydrogen-bond acceptors (Lipinski definition) is 4. The van der Waals surface area contributed by atoms with E-state index in [1.807, 2.05) is 37.3 Å². The van der Waals surface area contributed by atoms with Gasteiger partial charge in [0.15, 0.2) is 4.32 Å². The molecule has 0 radical (unpaired) electrons. The standard InChI is InChI=1S/C26H26N2O2S2/c1-6-30-22-13-8-7-12-21(22)28-25(29)23(32-26(28)31)15-20-14-18(4)27(19(20)5)24-16(2)10-9-11-17(24)3/h7-15H,6H2,1-5H3/b23-15-. The minimum Gasteiger partial charge on any atom is -0.492 e. The van der Waals surface area contributed by atoms with Gasteiger partial charge in [-0.15, -0.1) is 0 Å². The molecule has 0 spiro atoms. The van der Waals surface area contributed by atoms with Crippen molar-refractivity contribution in [2.75, 3.05) is 11.5 Å². The van der Waals surface area contributed by atoms with Crippen LogP contribution in [0.5, 0.6) is 5.75 Å². The zero-order valence-electron chi connectivity index (χ0n) is 18.9. The zero-order valence-corrected chi connectivity index (χ0v) is 20.6. The molecule has 0 bridgehead atoms. The summed E-state index contributed by atoms with van der Waals surface area (Å²) in [6, 6.07) is 16.0. The van der Waals surface area contributed by atoms with Crippen LogP contribution in [0.4, 0.5) is 5.69 Å². The fourth-order valence-electron chi connectivity index (χ4n) is 4.17. The number of anilines is 1. The highest BCUT2D eigenvalue weighted by molar-refractivity contribution is 8.27. The average Bonchev–Trinajstić information content (AvgIpc) is 3.18. The highest BCUT2D eigenvalue weighted by atomic mass is 32.2. The number of thiocarbonyl (C=S) groups is 1. The quantitative estimate of drug-likeness (QED) is 0.319. The maximum Gasteiger partial charge on any atom is 0.270 e. The second kappa shape index (κ2) is 8.96. The molecule has 0 atom stereocenters. The molecule has 0 N–H and O–H groups in total. The maximum atomic E-state index is 13.3. The molecule has 3 aromatic rings. The number of para-hydroxylation sites is 3. The number of carbonyl (C=O) groups excluding carboxylic acids is 1. The minimum atomic E-state index is -0.121. The van der Waals surface area contributed by atoms with Gasteiger partial charge in [0.25, 0.3) is 5.91 Å². The van der Waals surface area contributed by atoms with E-state index in [1.165, 1.54) is 28.6 Å². The van der Waals surface area contributed by atoms with Gasteiger partial charge in [0.1, 0.15) is 5.75 Å². The largest absolute Gasteiger partial charge is 0.492 e. The van der Waals surface area contributed by atoms with E-state index in [9.17, 15) is 4.79 Å². The lowest BCUT2D eigenvalue weighted by Gasteiger charge is -2.18. The summed E-state index contributed by atoms with van der Waals surface area (Å²) in [4.78, 5) is 15.5. The van der Waals surface area contributed by atoms with Crippen molar-refractivity contribution in [3.8, 4) is 11.4 Å². The summed E-state index contributed by atoms with van der Waals surface area (Å²) < 4.78 is 8.50. The molecular formula is C26H26N2O2S2. The van der Waals surface area contributed by atoms with Crippen molar-refractivity contribution >= 4 is 46.0 Å². The third kappa shape index (κ3) is 3.89. The molecule has 1 fully saturated rings. The van der Waals surface area contributed by atoms with Gasteiger partial charge in [-0.1, -0.05) is 54.3 Å². The van der Waals surface area contributed by atoms with E-state index in [-0.39, 0.29) is 5.91 Å². The van der Waals surface area contributed by atoms with Crippen LogP contribution in [0.25, 0.3) is 11.8 Å². The van der Waals surface area contributed by atoms with Crippen molar-refractivity contribution < 1.29 is 9.53 Å². The summed E-state index contributed by atoms with van der Waals surface area (Å²) in [5, 5.41) is 0. The molecular weight excluding hydrogens is 436 g/mol. The Morgan fingerprint density at radius 2 is 1.72 bits per heavy atom. The average molecular weight is 463 g/mol. The minimum absolute atomic E-state index is 0.121. The van der Waals surface area contributed by atoms with Gasteiger partial charge in [0.05, 0.1) is 22.9 Å². The van der Waals surface area contributed by atoms with Crippen molar-refractivity contribution in [3.05, 3.63) is 81.5 Å². The van der Waals surface area contributed by atoms with Crippen LogP contribution in [-0.2, 0) is 4.79 Å². The Morgan fingerprint density at radius 3 is 2.41 bits per heavy atom. The first-order chi connectivity index (χ1) is 15.3. The highest BCUT2D eigenvalue weighted by Gasteiger charge is 2.35. The van der Waals surface area contributed by atoms with Gasteiger partial charge in [0, 0.05) is 11.4 Å². The molecule has 1 aliphatic rings. The molecule has 2 aromatic carbocycles. The van der Waals surface area contributed by atoms with Gasteiger partial charge < -0.3 is 9.30 Å². The van der Waals surface area contributed by atoms with Gasteiger partial charge in [-0.3, -0.25) is 9.69 Å². The summed E-state index contributed by atoms with van der Waals surface area (Å²) in [6.45, 7) is 10.9. The predicted octanol–water partition coefficient (Wildman–Crippen LogP) is 6.52. The van der Waals surface area contributed by atoms with Crippen molar-refractivity contribution in [2.45, 2.75) is 34.6 Å². The SMILES string of the molecule is CCOc1ccccc1N1C(=O)/C(=C/c2cc(C)n(-c3c(C)cccc3C)c2C)SC1=S. The molecule has 1 saturated heterocycles. The van der Waals surface area contributed by atoms with Crippen molar-refractivity contribution in [2.24, 2.45) is 0 Å². The second-order valence-electron chi connectivity index (χ2n) is 7.82. The molecule has 6 heteroatoms. The van der Waals surface area contributed by atoms with Crippen LogP contribution in [0.2, 0.25) is 0 Å². The van der Waals surface area contributed by atoms with Crippen molar-refractivity contribution in [3.63, 3.8) is 0 Å². The zero-order chi connectivity index (χ0) is 23.0. The smallest absolute Gasteiger partial charge is 0.270 e. The van der Waals surface area contributed by atoms with E-state index in [1.54, 1.807) is 4.90 Å². The number of thioether (sulfide) groups is 1. The van der Waals surface area contributed by atoms with Gasteiger partial charge in [-0.25, -0.2) is 0 Å². The van der Waals surface area contributed by atoms with Gasteiger partial charge >= 0.3 is 0 Å². The first-order valence-corrected chi connectivity index (χ1v) is 11.8. The first-order valence-electron chi connectivity index (χ1n) is 10.6. The van der Waals surface area contributed by atoms with E-state index < -0.39 is 0 Å². The second-order valence-corrected chi connectivity index (χ2v) is 9.50. The van der Waals surface area contributed by atoms with Crippen LogP contribution in [0.1, 0.15) is 35.0 Å². The molecule has 32 heavy (non-hydrogen) atoms. The van der Waals surface area contributed by atoms with Crippen LogP contribution in [0, 0.1) is 27.7 Å². The number of hydrogen-bond donors (Lipinski definition) is 0. The number of aromatic nitrogens is 1. The first kappa shape index (κ1) is 22.4. The number of carbonyl (C=O) groups is 1. The molecule has 1 aromatic heterocycles. The molecule has 4 nitrogen and oxygen atoms in total. The lowest BCUT2D eigenvalue weighted by molar-refractivity contribution is -0.113. The highest BCUT2D eigenvalue weighted by Crippen LogP contribution is 2.40. The Labute approximate surface area is 198 Å². The molecule has 1 aliphatic heterocycles. The van der Waals surface area contributed by atoms with Crippen LogP contribution >= 0.6 is 24.0 Å². The molecule has 1 amide bonds. The number of aryl methyl sites for hydroxylation is 3. The van der Waals surface area contributed by atoms with E-state index in [0.29, 0.717) is 27.3 Å². The summed E-state index contributed by atoms with van der Waals surface area (Å²) in [5.74, 6) is 0.532. The third-order valence-electron chi connectivity index (χ3n) is 5.62. The number of rotatable bonds is 5. The summed E-state index contributed by atoms with van der Waals surface area (Å²) in [5.41, 5.74) is 7.56. The number of amides is 1. The summed E-state index contributed by atoms with van der Waals surface area (Å²) in [7, 11) is 0. The van der Waals surface area contributed by atoms with Gasteiger partial charge in [-0.05, 0) is 75.6 Å². The van der Waals surface area contributed by atoms with Crippen LogP contribution in [0.15, 0.2) is 53.4 Å². The van der Waals surface area contributed by atoms with Crippen molar-refractivity contribution in [1.82, 2.24) is 4.57 Å². The lowest BCUT2D eigenvalue weighted by Crippen LogP contribution is -2.28. The summed E-state index contributed by atoms with van der Waals surface area (Å²) >= 11 is 6.91. The van der Waals surface area contributed by atoms with E-state index >= 15 is 0 Å². The fraction of sp³-hybridized carbons (Fsp3) is 0.231. The monoisotopic (exact) mass is 462 g/mol. The number of ether oxygens (including phenoxy) is 1. The predicted molar refractivity (Wildman–Crippen MR) is 138 cm³/mol. The molecule has 0 saturated carbocycles. The van der Waals surface area contributed by atoms with Crippen molar-refractivity contribution in [1.29, 1.82) is 0 Å². The van der Waals surface area contributed by atoms with Gasteiger partial charge in [-0.2, -0.15) is 0 Å². The fourth-order valence-corrected chi connectivity index (χ4v) is 5.45. The topological polar surface area (TPSA) is 34.5 Å². The van der Waals surface area contributed by atoms with Crippen LogP contribution < -0.4 is 9.64 Å². The molecule has 4 rings (SSSR count). The Kier molecular flexibility index (Phi) is 6.26. The molecule has 0 aliphatic carbocycles. The Balaban J connectivity index is 1.74. The maximum absolute atomic E-state index is 13.3. The Morgan fingerprint density at radius 1 is 1.03 bits per heavy atom. The lowest BCUT2D eigenvalue weighted by atomic mass is 10.1. The summed E-state index contributed by atoms with van der Waals surface area (Å²) in [6.07, 6.45) is 1.95. The van der Waals surface area contributed by atoms with E-state index in [2.05, 4.69) is 56.5 Å². The van der Waals surface area contributed by atoms with Gasteiger partial charge in [0.2, 0.25) is 0 Å². The van der Waals surface area contributed by atoms with E-state index in [0.717, 1.165) is 17.0 Å². The normalized spacial score (nSPS) is 15.2. The van der Waals surface area contributed by atoms with Crippen LogP contribution in [-0.4, -0.2) is 21.4 Å². The molecule has 2 heterocycles. The Bertz CT molecular complexity index is 1240. The number of benzene rings is 2. The Hall–Kier alpha value is -2.83. The van der Waals surface area contributed by atoms with E-state index in [4.69, 9.17) is 17.0 Å². The molecule has 164 valence electrons. The van der Waals surface area contributed by atoms with Crippen LogP contribution in [0.3, 0.4) is 0 Å². The molecule has 0 unspecified atom stereocenters.